The Labute approximate surface area is 79.5 Å². The molecule has 0 aromatic heterocycles. The predicted molar refractivity (Wildman–Crippen MR) is 50.2 cm³/mol. The SMILES string of the molecule is COCCC(C)(O)CNC(C)C#N. The highest BCUT2D eigenvalue weighted by atomic mass is 16.5. The van der Waals surface area contributed by atoms with E-state index in [-0.39, 0.29) is 6.04 Å². The zero-order chi connectivity index (χ0) is 10.3. The van der Waals surface area contributed by atoms with Gasteiger partial charge in [0, 0.05) is 26.7 Å². The maximum Gasteiger partial charge on any atom is 0.0925 e. The van der Waals surface area contributed by atoms with Crippen molar-refractivity contribution in [1.29, 1.82) is 5.26 Å². The zero-order valence-electron chi connectivity index (χ0n) is 8.50. The van der Waals surface area contributed by atoms with Crippen LogP contribution in [-0.4, -0.2) is 37.0 Å². The summed E-state index contributed by atoms with van der Waals surface area (Å²) in [5.41, 5.74) is -0.804. The molecule has 4 nitrogen and oxygen atoms in total. The molecule has 2 N–H and O–H groups in total. The van der Waals surface area contributed by atoms with Crippen LogP contribution in [0.25, 0.3) is 0 Å². The van der Waals surface area contributed by atoms with E-state index in [9.17, 15) is 5.11 Å². The Kier molecular flexibility index (Phi) is 5.63. The van der Waals surface area contributed by atoms with Crippen molar-refractivity contribution in [2.24, 2.45) is 0 Å². The summed E-state index contributed by atoms with van der Waals surface area (Å²) in [6.07, 6.45) is 0.564. The summed E-state index contributed by atoms with van der Waals surface area (Å²) in [6, 6.07) is 1.81. The Morgan fingerprint density at radius 2 is 2.31 bits per heavy atom. The first-order valence-corrected chi connectivity index (χ1v) is 4.36. The standard InChI is InChI=1S/C9H18N2O2/c1-8(6-10)11-7-9(2,12)4-5-13-3/h8,11-12H,4-5,7H2,1-3H3. The molecule has 0 amide bonds. The van der Waals surface area contributed by atoms with Crippen molar-refractivity contribution in [3.05, 3.63) is 0 Å². The quantitative estimate of drug-likeness (QED) is 0.625. The molecule has 0 aromatic carbocycles. The van der Waals surface area contributed by atoms with Crippen molar-refractivity contribution in [2.45, 2.75) is 31.9 Å². The molecular weight excluding hydrogens is 168 g/mol. The van der Waals surface area contributed by atoms with Crippen LogP contribution < -0.4 is 5.32 Å². The van der Waals surface area contributed by atoms with E-state index in [0.717, 1.165) is 0 Å². The summed E-state index contributed by atoms with van der Waals surface area (Å²) in [5.74, 6) is 0. The number of rotatable bonds is 6. The molecule has 0 radical (unpaired) electrons. The molecule has 0 saturated carbocycles. The van der Waals surface area contributed by atoms with Gasteiger partial charge in [-0.2, -0.15) is 5.26 Å². The van der Waals surface area contributed by atoms with Crippen LogP contribution in [0.3, 0.4) is 0 Å². The van der Waals surface area contributed by atoms with Crippen molar-refractivity contribution in [1.82, 2.24) is 5.32 Å². The molecule has 0 spiro atoms. The molecule has 2 unspecified atom stereocenters. The number of aliphatic hydroxyl groups is 1. The zero-order valence-corrected chi connectivity index (χ0v) is 8.50. The van der Waals surface area contributed by atoms with Gasteiger partial charge in [0.25, 0.3) is 0 Å². The van der Waals surface area contributed by atoms with E-state index in [2.05, 4.69) is 5.32 Å². The lowest BCUT2D eigenvalue weighted by molar-refractivity contribution is 0.0242. The molecule has 2 atom stereocenters. The Morgan fingerprint density at radius 3 is 2.77 bits per heavy atom. The smallest absolute Gasteiger partial charge is 0.0925 e. The first-order chi connectivity index (χ1) is 6.02. The number of methoxy groups -OCH3 is 1. The lowest BCUT2D eigenvalue weighted by Crippen LogP contribution is -2.41. The average molecular weight is 186 g/mol. The second kappa shape index (κ2) is 5.92. The van der Waals surface area contributed by atoms with Gasteiger partial charge in [0.05, 0.1) is 17.7 Å². The number of nitriles is 1. The van der Waals surface area contributed by atoms with Gasteiger partial charge in [0.1, 0.15) is 0 Å². The molecule has 76 valence electrons. The minimum atomic E-state index is -0.804. The number of nitrogens with zero attached hydrogens (tertiary/aromatic N) is 1. The Hall–Kier alpha value is -0.630. The van der Waals surface area contributed by atoms with Crippen molar-refractivity contribution in [3.63, 3.8) is 0 Å². The highest BCUT2D eigenvalue weighted by Crippen LogP contribution is 2.07. The normalized spacial score (nSPS) is 17.5. The molecule has 0 saturated heterocycles. The van der Waals surface area contributed by atoms with Gasteiger partial charge in [-0.3, -0.25) is 5.32 Å². The molecule has 4 heteroatoms. The lowest BCUT2D eigenvalue weighted by atomic mass is 10.0. The van der Waals surface area contributed by atoms with Gasteiger partial charge in [-0.25, -0.2) is 0 Å². The molecule has 0 bridgehead atoms. The third-order valence-electron chi connectivity index (χ3n) is 1.83. The van der Waals surface area contributed by atoms with Crippen molar-refractivity contribution in [3.8, 4) is 6.07 Å². The summed E-state index contributed by atoms with van der Waals surface area (Å²) in [4.78, 5) is 0. The number of ether oxygens (including phenoxy) is 1. The molecule has 0 aromatic rings. The van der Waals surface area contributed by atoms with E-state index < -0.39 is 5.60 Å². The van der Waals surface area contributed by atoms with Gasteiger partial charge in [-0.15, -0.1) is 0 Å². The summed E-state index contributed by atoms with van der Waals surface area (Å²) < 4.78 is 4.86. The minimum Gasteiger partial charge on any atom is -0.389 e. The van der Waals surface area contributed by atoms with Crippen molar-refractivity contribution < 1.29 is 9.84 Å². The molecule has 0 aliphatic rings. The molecule has 13 heavy (non-hydrogen) atoms. The first-order valence-electron chi connectivity index (χ1n) is 4.36. The number of hydrogen-bond acceptors (Lipinski definition) is 4. The molecular formula is C9H18N2O2. The highest BCUT2D eigenvalue weighted by molar-refractivity contribution is 4.88. The maximum atomic E-state index is 9.74. The fourth-order valence-electron chi connectivity index (χ4n) is 0.829. The van der Waals surface area contributed by atoms with E-state index >= 15 is 0 Å². The molecule has 0 rings (SSSR count). The van der Waals surface area contributed by atoms with Crippen LogP contribution in [0.5, 0.6) is 0 Å². The second-order valence-corrected chi connectivity index (χ2v) is 3.47. The molecule has 0 fully saturated rings. The third kappa shape index (κ3) is 6.52. The minimum absolute atomic E-state index is 0.228. The van der Waals surface area contributed by atoms with Gasteiger partial charge in [-0.1, -0.05) is 0 Å². The monoisotopic (exact) mass is 186 g/mol. The molecule has 0 heterocycles. The van der Waals surface area contributed by atoms with Crippen LogP contribution in [-0.2, 0) is 4.74 Å². The van der Waals surface area contributed by atoms with Gasteiger partial charge >= 0.3 is 0 Å². The highest BCUT2D eigenvalue weighted by Gasteiger charge is 2.20. The van der Waals surface area contributed by atoms with Gasteiger partial charge in [-0.05, 0) is 13.8 Å². The van der Waals surface area contributed by atoms with E-state index in [1.165, 1.54) is 0 Å². The van der Waals surface area contributed by atoms with Gasteiger partial charge in [0.2, 0.25) is 0 Å². The van der Waals surface area contributed by atoms with Crippen LogP contribution in [0.1, 0.15) is 20.3 Å². The molecule has 0 aliphatic carbocycles. The third-order valence-corrected chi connectivity index (χ3v) is 1.83. The van der Waals surface area contributed by atoms with Crippen LogP contribution in [0.4, 0.5) is 0 Å². The van der Waals surface area contributed by atoms with Crippen LogP contribution in [0.2, 0.25) is 0 Å². The van der Waals surface area contributed by atoms with Crippen molar-refractivity contribution >= 4 is 0 Å². The second-order valence-electron chi connectivity index (χ2n) is 3.47. The van der Waals surface area contributed by atoms with Crippen molar-refractivity contribution in [2.75, 3.05) is 20.3 Å². The van der Waals surface area contributed by atoms with E-state index in [0.29, 0.717) is 19.6 Å². The summed E-state index contributed by atoms with van der Waals surface area (Å²) >= 11 is 0. The predicted octanol–water partition coefficient (Wildman–Crippen LogP) is 0.276. The first kappa shape index (κ1) is 12.4. The van der Waals surface area contributed by atoms with Crippen LogP contribution in [0, 0.1) is 11.3 Å². The summed E-state index contributed by atoms with van der Waals surface area (Å²) in [6.45, 7) is 4.41. The summed E-state index contributed by atoms with van der Waals surface area (Å²) in [7, 11) is 1.60. The van der Waals surface area contributed by atoms with Gasteiger partial charge < -0.3 is 9.84 Å². The fraction of sp³-hybridized carbons (Fsp3) is 0.889. The summed E-state index contributed by atoms with van der Waals surface area (Å²) in [5, 5.41) is 21.1. The average Bonchev–Trinajstić information content (AvgIpc) is 2.11. The Balaban J connectivity index is 3.69. The number of hydrogen-bond donors (Lipinski definition) is 2. The lowest BCUT2D eigenvalue weighted by Gasteiger charge is -2.23. The fourth-order valence-corrected chi connectivity index (χ4v) is 0.829. The Morgan fingerprint density at radius 1 is 1.69 bits per heavy atom. The largest absolute Gasteiger partial charge is 0.389 e. The van der Waals surface area contributed by atoms with E-state index in [4.69, 9.17) is 10.00 Å². The van der Waals surface area contributed by atoms with E-state index in [1.807, 2.05) is 6.07 Å². The van der Waals surface area contributed by atoms with E-state index in [1.54, 1.807) is 21.0 Å². The van der Waals surface area contributed by atoms with Gasteiger partial charge in [0.15, 0.2) is 0 Å². The topological polar surface area (TPSA) is 65.3 Å². The maximum absolute atomic E-state index is 9.74. The van der Waals surface area contributed by atoms with Crippen LogP contribution >= 0.6 is 0 Å². The number of nitrogens with one attached hydrogen (secondary N) is 1. The Bertz CT molecular complexity index is 175. The van der Waals surface area contributed by atoms with Crippen LogP contribution in [0.15, 0.2) is 0 Å². The molecule has 0 aliphatic heterocycles.